The van der Waals surface area contributed by atoms with Gasteiger partial charge in [-0.05, 0) is 31.2 Å². The molecule has 3 aromatic rings. The topological polar surface area (TPSA) is 59.2 Å². The minimum atomic E-state index is -0.292. The normalized spacial score (nSPS) is 17.3. The number of fused-ring (bicyclic) bond motifs is 3. The predicted molar refractivity (Wildman–Crippen MR) is 85.7 cm³/mol. The Bertz CT molecular complexity index is 954. The van der Waals surface area contributed by atoms with Gasteiger partial charge in [0.2, 0.25) is 0 Å². The number of esters is 1. The zero-order chi connectivity index (χ0) is 15.3. The summed E-state index contributed by atoms with van der Waals surface area (Å²) in [6.07, 6.45) is 0.203. The highest BCUT2D eigenvalue weighted by molar-refractivity contribution is 7.12. The van der Waals surface area contributed by atoms with Gasteiger partial charge in [-0.1, -0.05) is 12.1 Å². The molecule has 4 rings (SSSR count). The number of ether oxygens (including phenoxy) is 1. The smallest absolute Gasteiger partial charge is 0.312 e. The average Bonchev–Trinajstić information content (AvgIpc) is 2.93. The van der Waals surface area contributed by atoms with Crippen molar-refractivity contribution in [2.24, 2.45) is 0 Å². The molecule has 0 aliphatic carbocycles. The largest absolute Gasteiger partial charge is 0.425 e. The van der Waals surface area contributed by atoms with Crippen molar-refractivity contribution in [2.45, 2.75) is 19.3 Å². The van der Waals surface area contributed by atoms with Gasteiger partial charge in [-0.3, -0.25) is 9.59 Å². The van der Waals surface area contributed by atoms with Gasteiger partial charge in [0, 0.05) is 21.1 Å². The molecule has 1 atom stereocenters. The lowest BCUT2D eigenvalue weighted by atomic mass is 9.91. The summed E-state index contributed by atoms with van der Waals surface area (Å²) in [7, 11) is 0. The van der Waals surface area contributed by atoms with Gasteiger partial charge < -0.3 is 9.72 Å². The van der Waals surface area contributed by atoms with Gasteiger partial charge in [-0.25, -0.2) is 0 Å². The molecule has 0 radical (unpaired) electrons. The third-order valence-electron chi connectivity index (χ3n) is 3.95. The molecule has 22 heavy (non-hydrogen) atoms. The second kappa shape index (κ2) is 4.81. The Morgan fingerprint density at radius 3 is 2.77 bits per heavy atom. The van der Waals surface area contributed by atoms with Crippen molar-refractivity contribution in [3.05, 3.63) is 62.1 Å². The molecule has 0 saturated heterocycles. The van der Waals surface area contributed by atoms with Crippen molar-refractivity contribution in [3.8, 4) is 5.75 Å². The number of para-hydroxylation sites is 1. The van der Waals surface area contributed by atoms with E-state index in [0.29, 0.717) is 16.8 Å². The van der Waals surface area contributed by atoms with Crippen LogP contribution in [0.4, 0.5) is 0 Å². The van der Waals surface area contributed by atoms with Crippen LogP contribution in [0.2, 0.25) is 0 Å². The Hall–Kier alpha value is -2.40. The summed E-state index contributed by atoms with van der Waals surface area (Å²) in [5.74, 6) is -0.116. The average molecular weight is 311 g/mol. The molecule has 3 heterocycles. The van der Waals surface area contributed by atoms with Crippen molar-refractivity contribution in [3.63, 3.8) is 0 Å². The van der Waals surface area contributed by atoms with Gasteiger partial charge in [0.15, 0.2) is 0 Å². The molecule has 0 fully saturated rings. The molecule has 0 spiro atoms. The van der Waals surface area contributed by atoms with Crippen molar-refractivity contribution < 1.29 is 9.53 Å². The van der Waals surface area contributed by atoms with E-state index >= 15 is 0 Å². The number of carbonyl (C=O) groups excluding carboxylic acids is 1. The lowest BCUT2D eigenvalue weighted by molar-refractivity contribution is -0.135. The maximum atomic E-state index is 12.5. The van der Waals surface area contributed by atoms with E-state index < -0.39 is 0 Å². The molecule has 0 bridgehead atoms. The Kier molecular flexibility index (Phi) is 2.90. The summed E-state index contributed by atoms with van der Waals surface area (Å²) in [5.41, 5.74) is 1.06. The molecular formula is C17H13NO3S. The fourth-order valence-electron chi connectivity index (χ4n) is 2.96. The number of H-pyrrole nitrogens is 1. The summed E-state index contributed by atoms with van der Waals surface area (Å²) in [4.78, 5) is 29.7. The number of aromatic amines is 1. The summed E-state index contributed by atoms with van der Waals surface area (Å²) in [5, 5.41) is 0.767. The number of hydrogen-bond donors (Lipinski definition) is 1. The standard InChI is InChI=1S/C17H13NO3S/c1-9-6-7-13(22-9)11-8-14(19)21-16-10-4-2-3-5-12(10)18-17(20)15(11)16/h2-7,11H,8H2,1H3,(H,18,20)/t11-/m0/s1. The van der Waals surface area contributed by atoms with Crippen LogP contribution >= 0.6 is 11.3 Å². The van der Waals surface area contributed by atoms with E-state index in [4.69, 9.17) is 4.74 Å². The maximum Gasteiger partial charge on any atom is 0.312 e. The third kappa shape index (κ3) is 1.97. The third-order valence-corrected chi connectivity index (χ3v) is 5.06. The van der Waals surface area contributed by atoms with Crippen LogP contribution in [0.5, 0.6) is 5.75 Å². The fraction of sp³-hybridized carbons (Fsp3) is 0.176. The first-order valence-electron chi connectivity index (χ1n) is 7.05. The molecule has 0 amide bonds. The summed E-state index contributed by atoms with van der Waals surface area (Å²) >= 11 is 1.61. The molecule has 1 N–H and O–H groups in total. The highest BCUT2D eigenvalue weighted by atomic mass is 32.1. The van der Waals surface area contributed by atoms with Gasteiger partial charge in [-0.2, -0.15) is 0 Å². The van der Waals surface area contributed by atoms with Crippen molar-refractivity contribution >= 4 is 28.2 Å². The van der Waals surface area contributed by atoms with E-state index in [1.807, 2.05) is 43.3 Å². The van der Waals surface area contributed by atoms with Crippen molar-refractivity contribution in [2.75, 3.05) is 0 Å². The van der Waals surface area contributed by atoms with E-state index in [-0.39, 0.29) is 23.9 Å². The molecule has 110 valence electrons. The van der Waals surface area contributed by atoms with Crippen LogP contribution in [0.3, 0.4) is 0 Å². The van der Waals surface area contributed by atoms with Crippen LogP contribution in [-0.4, -0.2) is 11.0 Å². The summed E-state index contributed by atoms with van der Waals surface area (Å²) in [6.45, 7) is 2.01. The highest BCUT2D eigenvalue weighted by Gasteiger charge is 2.33. The summed E-state index contributed by atoms with van der Waals surface area (Å²) < 4.78 is 5.43. The molecule has 2 aromatic heterocycles. The zero-order valence-corrected chi connectivity index (χ0v) is 12.7. The number of benzene rings is 1. The first kappa shape index (κ1) is 13.3. The van der Waals surface area contributed by atoms with Gasteiger partial charge in [0.1, 0.15) is 5.75 Å². The quantitative estimate of drug-likeness (QED) is 0.701. The Morgan fingerprint density at radius 2 is 2.00 bits per heavy atom. The second-order valence-electron chi connectivity index (χ2n) is 5.42. The first-order chi connectivity index (χ1) is 10.6. The first-order valence-corrected chi connectivity index (χ1v) is 7.87. The molecular weight excluding hydrogens is 298 g/mol. The fourth-order valence-corrected chi connectivity index (χ4v) is 3.95. The van der Waals surface area contributed by atoms with Crippen molar-refractivity contribution in [1.82, 2.24) is 4.98 Å². The minimum Gasteiger partial charge on any atom is -0.425 e. The van der Waals surface area contributed by atoms with Gasteiger partial charge in [-0.15, -0.1) is 11.3 Å². The molecule has 0 saturated carbocycles. The van der Waals surface area contributed by atoms with Crippen LogP contribution in [0.15, 0.2) is 41.2 Å². The molecule has 0 unspecified atom stereocenters. The monoisotopic (exact) mass is 311 g/mol. The van der Waals surface area contributed by atoms with E-state index in [2.05, 4.69) is 4.98 Å². The number of nitrogens with one attached hydrogen (secondary N) is 1. The van der Waals surface area contributed by atoms with Gasteiger partial charge in [0.05, 0.1) is 17.5 Å². The maximum absolute atomic E-state index is 12.5. The van der Waals surface area contributed by atoms with E-state index in [1.54, 1.807) is 11.3 Å². The van der Waals surface area contributed by atoms with Gasteiger partial charge in [0.25, 0.3) is 5.56 Å². The Morgan fingerprint density at radius 1 is 1.18 bits per heavy atom. The lowest BCUT2D eigenvalue weighted by Gasteiger charge is -2.23. The number of carbonyl (C=O) groups is 1. The SMILES string of the molecule is Cc1ccc([C@@H]2CC(=O)Oc3c2c(=O)[nH]c2ccccc32)s1. The van der Waals surface area contributed by atoms with E-state index in [1.165, 1.54) is 0 Å². The summed E-state index contributed by atoms with van der Waals surface area (Å²) in [6, 6.07) is 11.4. The van der Waals surface area contributed by atoms with Crippen LogP contribution in [0, 0.1) is 6.92 Å². The number of aryl methyl sites for hydroxylation is 1. The molecule has 1 aromatic carbocycles. The zero-order valence-electron chi connectivity index (χ0n) is 11.9. The van der Waals surface area contributed by atoms with Crippen LogP contribution in [-0.2, 0) is 4.79 Å². The Balaban J connectivity index is 2.03. The number of hydrogen-bond acceptors (Lipinski definition) is 4. The highest BCUT2D eigenvalue weighted by Crippen LogP contribution is 2.41. The van der Waals surface area contributed by atoms with Crippen LogP contribution in [0.1, 0.15) is 27.7 Å². The van der Waals surface area contributed by atoms with Gasteiger partial charge >= 0.3 is 5.97 Å². The number of pyridine rings is 1. The lowest BCUT2D eigenvalue weighted by Crippen LogP contribution is -2.27. The van der Waals surface area contributed by atoms with E-state index in [9.17, 15) is 9.59 Å². The van der Waals surface area contributed by atoms with Crippen molar-refractivity contribution in [1.29, 1.82) is 0 Å². The second-order valence-corrected chi connectivity index (χ2v) is 6.74. The number of aromatic nitrogens is 1. The van der Waals surface area contributed by atoms with E-state index in [0.717, 1.165) is 15.1 Å². The van der Waals surface area contributed by atoms with Crippen LogP contribution < -0.4 is 10.3 Å². The minimum absolute atomic E-state index is 0.183. The predicted octanol–water partition coefficient (Wildman–Crippen LogP) is 3.34. The molecule has 5 heteroatoms. The Labute approximate surface area is 130 Å². The molecule has 1 aliphatic heterocycles. The number of rotatable bonds is 1. The molecule has 1 aliphatic rings. The number of thiophene rings is 1. The van der Waals surface area contributed by atoms with Crippen LogP contribution in [0.25, 0.3) is 10.9 Å². The molecule has 4 nitrogen and oxygen atoms in total.